The number of nitrogens with zero attached hydrogens (tertiary/aromatic N) is 1. The Hall–Kier alpha value is -1.26. The average molecular weight is 478 g/mol. The predicted octanol–water partition coefficient (Wildman–Crippen LogP) is 7.36. The van der Waals surface area contributed by atoms with Gasteiger partial charge in [-0.25, -0.2) is 0 Å². The summed E-state index contributed by atoms with van der Waals surface area (Å²) < 4.78 is 0. The van der Waals surface area contributed by atoms with Gasteiger partial charge in [-0.15, -0.1) is 0 Å². The van der Waals surface area contributed by atoms with Crippen LogP contribution in [0.2, 0.25) is 0 Å². The maximum atomic E-state index is 11.1. The van der Waals surface area contributed by atoms with Crippen LogP contribution in [0.25, 0.3) is 0 Å². The molecule has 34 heavy (non-hydrogen) atoms. The maximum Gasteiger partial charge on any atom is 0.122 e. The molecule has 4 heteroatoms. The van der Waals surface area contributed by atoms with Crippen LogP contribution in [0.5, 0.6) is 5.75 Å². The Balaban J connectivity index is 3.19. The van der Waals surface area contributed by atoms with Crippen LogP contribution in [0.1, 0.15) is 124 Å². The Labute approximate surface area is 210 Å². The third-order valence-corrected chi connectivity index (χ3v) is 6.62. The molecule has 0 aromatic heterocycles. The van der Waals surface area contributed by atoms with Gasteiger partial charge in [-0.05, 0) is 48.3 Å². The summed E-state index contributed by atoms with van der Waals surface area (Å²) in [7, 11) is 0. The van der Waals surface area contributed by atoms with E-state index in [0.717, 1.165) is 61.8 Å². The van der Waals surface area contributed by atoms with Crippen molar-refractivity contribution in [2.24, 2.45) is 5.92 Å². The highest BCUT2D eigenvalue weighted by atomic mass is 16.3. The first-order chi connectivity index (χ1) is 16.0. The first kappa shape index (κ1) is 30.8. The van der Waals surface area contributed by atoms with Crippen molar-refractivity contribution in [1.29, 1.82) is 0 Å². The van der Waals surface area contributed by atoms with Crippen molar-refractivity contribution in [3.63, 3.8) is 0 Å². The maximum absolute atomic E-state index is 11.1. The van der Waals surface area contributed by atoms with Crippen LogP contribution in [0.15, 0.2) is 12.1 Å². The average Bonchev–Trinajstić information content (AvgIpc) is 2.74. The molecule has 0 saturated carbocycles. The molecular weight excluding hydrogens is 422 g/mol. The molecule has 1 aromatic rings. The lowest BCUT2D eigenvalue weighted by Gasteiger charge is -2.32. The Morgan fingerprint density at radius 2 is 1.29 bits per heavy atom. The Bertz CT molecular complexity index is 660. The molecule has 4 nitrogen and oxygen atoms in total. The molecule has 0 aliphatic carbocycles. The Morgan fingerprint density at radius 3 is 1.71 bits per heavy atom. The van der Waals surface area contributed by atoms with Crippen LogP contribution < -0.4 is 4.90 Å². The molecule has 0 heterocycles. The van der Waals surface area contributed by atoms with E-state index in [9.17, 15) is 15.3 Å². The molecule has 0 saturated heterocycles. The minimum atomic E-state index is -0.426. The van der Waals surface area contributed by atoms with Crippen molar-refractivity contribution in [3.05, 3.63) is 23.3 Å². The second-order valence-corrected chi connectivity index (χ2v) is 11.8. The third kappa shape index (κ3) is 11.4. The number of benzene rings is 1. The topological polar surface area (TPSA) is 63.9 Å². The Kier molecular flexibility index (Phi) is 14.2. The highest BCUT2D eigenvalue weighted by Crippen LogP contribution is 2.38. The lowest BCUT2D eigenvalue weighted by atomic mass is 9.83. The van der Waals surface area contributed by atoms with Crippen molar-refractivity contribution in [1.82, 2.24) is 0 Å². The minimum Gasteiger partial charge on any atom is -0.507 e. The van der Waals surface area contributed by atoms with Gasteiger partial charge in [0.2, 0.25) is 0 Å². The number of hydrogen-bond donors (Lipinski definition) is 3. The van der Waals surface area contributed by atoms with Gasteiger partial charge >= 0.3 is 0 Å². The summed E-state index contributed by atoms with van der Waals surface area (Å²) in [5, 5.41) is 32.8. The van der Waals surface area contributed by atoms with Gasteiger partial charge in [-0.1, -0.05) is 99.8 Å². The molecule has 1 rings (SSSR count). The number of aromatic hydroxyl groups is 1. The first-order valence-corrected chi connectivity index (χ1v) is 14.0. The predicted molar refractivity (Wildman–Crippen MR) is 147 cm³/mol. The fraction of sp³-hybridized carbons (Fsp3) is 0.800. The van der Waals surface area contributed by atoms with Gasteiger partial charge in [0.25, 0.3) is 0 Å². The van der Waals surface area contributed by atoms with Crippen molar-refractivity contribution >= 4 is 5.69 Å². The van der Waals surface area contributed by atoms with Crippen LogP contribution in [0, 0.1) is 5.92 Å². The van der Waals surface area contributed by atoms with Gasteiger partial charge in [-0.3, -0.25) is 0 Å². The van der Waals surface area contributed by atoms with Gasteiger partial charge in [0, 0.05) is 24.3 Å². The standard InChI is InChI=1S/C30H55NO3/c1-8-10-12-14-16-26(32)21-31(22-27(33)17-15-13-11-9-2)25-19-24(18-23(3)4)29(34)28(20-25)30(5,6)7/h19-20,23,26-27,32-34H,8-18,21-22H2,1-7H3. The van der Waals surface area contributed by atoms with Crippen LogP contribution in [0.4, 0.5) is 5.69 Å². The fourth-order valence-electron chi connectivity index (χ4n) is 4.62. The number of aliphatic hydroxyl groups is 2. The van der Waals surface area contributed by atoms with Crippen molar-refractivity contribution < 1.29 is 15.3 Å². The van der Waals surface area contributed by atoms with E-state index < -0.39 is 12.2 Å². The zero-order valence-electron chi connectivity index (χ0n) is 23.4. The highest BCUT2D eigenvalue weighted by molar-refractivity contribution is 5.59. The number of rotatable bonds is 17. The van der Waals surface area contributed by atoms with Gasteiger partial charge in [0.1, 0.15) is 5.75 Å². The van der Waals surface area contributed by atoms with Crippen molar-refractivity contribution in [2.75, 3.05) is 18.0 Å². The number of phenols is 1. The highest BCUT2D eigenvalue weighted by Gasteiger charge is 2.25. The number of unbranched alkanes of at least 4 members (excludes halogenated alkanes) is 6. The van der Waals surface area contributed by atoms with Gasteiger partial charge in [0.15, 0.2) is 0 Å². The van der Waals surface area contributed by atoms with Crippen LogP contribution >= 0.6 is 0 Å². The number of aliphatic hydroxyl groups excluding tert-OH is 2. The lowest BCUT2D eigenvalue weighted by Crippen LogP contribution is -2.38. The quantitative estimate of drug-likeness (QED) is 0.205. The summed E-state index contributed by atoms with van der Waals surface area (Å²) in [4.78, 5) is 2.16. The molecule has 0 fully saturated rings. The van der Waals surface area contributed by atoms with E-state index in [0.29, 0.717) is 24.8 Å². The van der Waals surface area contributed by atoms with Crippen molar-refractivity contribution in [2.45, 2.75) is 137 Å². The molecule has 3 N–H and O–H groups in total. The van der Waals surface area contributed by atoms with E-state index in [1.165, 1.54) is 25.7 Å². The van der Waals surface area contributed by atoms with Crippen LogP contribution in [0.3, 0.4) is 0 Å². The minimum absolute atomic E-state index is 0.199. The van der Waals surface area contributed by atoms with E-state index >= 15 is 0 Å². The molecule has 2 unspecified atom stereocenters. The van der Waals surface area contributed by atoms with Crippen LogP contribution in [-0.2, 0) is 11.8 Å². The summed E-state index contributed by atoms with van der Waals surface area (Å²) in [5.41, 5.74) is 2.69. The fourth-order valence-corrected chi connectivity index (χ4v) is 4.62. The summed E-state index contributed by atoms with van der Waals surface area (Å²) in [6.45, 7) is 16.1. The normalized spacial score (nSPS) is 13.9. The lowest BCUT2D eigenvalue weighted by molar-refractivity contribution is 0.145. The molecule has 0 bridgehead atoms. The molecule has 0 radical (unpaired) electrons. The number of hydrogen-bond acceptors (Lipinski definition) is 4. The van der Waals surface area contributed by atoms with Gasteiger partial charge in [-0.2, -0.15) is 0 Å². The third-order valence-electron chi connectivity index (χ3n) is 6.62. The summed E-state index contributed by atoms with van der Waals surface area (Å²) in [5.74, 6) is 0.820. The number of anilines is 1. The molecule has 198 valence electrons. The van der Waals surface area contributed by atoms with E-state index in [2.05, 4.69) is 65.5 Å². The SMILES string of the molecule is CCCCCCC(O)CN(CC(O)CCCCCC)c1cc(CC(C)C)c(O)c(C(C)(C)C)c1. The molecule has 0 aliphatic rings. The first-order valence-electron chi connectivity index (χ1n) is 14.0. The van der Waals surface area contributed by atoms with Crippen LogP contribution in [-0.4, -0.2) is 40.6 Å². The monoisotopic (exact) mass is 477 g/mol. The smallest absolute Gasteiger partial charge is 0.122 e. The molecule has 2 atom stereocenters. The molecule has 1 aromatic carbocycles. The second kappa shape index (κ2) is 15.7. The van der Waals surface area contributed by atoms with Crippen molar-refractivity contribution in [3.8, 4) is 5.75 Å². The van der Waals surface area contributed by atoms with E-state index in [1.807, 2.05) is 0 Å². The summed E-state index contributed by atoms with van der Waals surface area (Å²) in [6, 6.07) is 4.16. The van der Waals surface area contributed by atoms with E-state index in [4.69, 9.17) is 0 Å². The summed E-state index contributed by atoms with van der Waals surface area (Å²) in [6.07, 6.45) is 10.7. The second-order valence-electron chi connectivity index (χ2n) is 11.8. The Morgan fingerprint density at radius 1 is 0.794 bits per heavy atom. The molecule has 0 amide bonds. The van der Waals surface area contributed by atoms with E-state index in [-0.39, 0.29) is 5.41 Å². The molecular formula is C30H55NO3. The molecule has 0 aliphatic heterocycles. The van der Waals surface area contributed by atoms with Gasteiger partial charge < -0.3 is 20.2 Å². The van der Waals surface area contributed by atoms with E-state index in [1.54, 1.807) is 0 Å². The zero-order valence-corrected chi connectivity index (χ0v) is 23.4. The largest absolute Gasteiger partial charge is 0.507 e. The molecule has 0 spiro atoms. The van der Waals surface area contributed by atoms with Gasteiger partial charge in [0.05, 0.1) is 12.2 Å². The zero-order chi connectivity index (χ0) is 25.7. The summed E-state index contributed by atoms with van der Waals surface area (Å²) >= 11 is 0. The number of phenolic OH excluding ortho intramolecular Hbond substituents is 1.